The number of benzene rings is 2. The predicted octanol–water partition coefficient (Wildman–Crippen LogP) is 5.21. The van der Waals surface area contributed by atoms with E-state index in [2.05, 4.69) is 23.1 Å². The van der Waals surface area contributed by atoms with E-state index in [0.717, 1.165) is 58.4 Å². The van der Waals surface area contributed by atoms with Gasteiger partial charge in [0.2, 0.25) is 0 Å². The molecule has 1 fully saturated rings. The second-order valence-electron chi connectivity index (χ2n) is 8.58. The molecular weight excluding hydrogens is 412 g/mol. The minimum Gasteiger partial charge on any atom is -0.492 e. The molecule has 166 valence electrons. The molecular formula is C27H26N4O2. The SMILES string of the molecule is c1ccc2oc(-c3cccc4nc(Cc5ccc(OCCN6CCCC6)cc5)nn34)cc2c1. The molecule has 3 aromatic heterocycles. The van der Waals surface area contributed by atoms with Crippen LogP contribution in [0.15, 0.2) is 77.2 Å². The topological polar surface area (TPSA) is 55.8 Å². The number of para-hydroxylation sites is 1. The van der Waals surface area contributed by atoms with Crippen molar-refractivity contribution in [3.05, 3.63) is 84.2 Å². The molecule has 6 nitrogen and oxygen atoms in total. The van der Waals surface area contributed by atoms with Crippen LogP contribution in [0.1, 0.15) is 24.2 Å². The summed E-state index contributed by atoms with van der Waals surface area (Å²) in [6, 6.07) is 24.3. The van der Waals surface area contributed by atoms with Crippen LogP contribution in [0.4, 0.5) is 0 Å². The highest BCUT2D eigenvalue weighted by atomic mass is 16.5. The maximum Gasteiger partial charge on any atom is 0.156 e. The molecule has 0 spiro atoms. The molecule has 0 aliphatic carbocycles. The van der Waals surface area contributed by atoms with Crippen molar-refractivity contribution in [3.8, 4) is 17.2 Å². The van der Waals surface area contributed by atoms with Gasteiger partial charge in [-0.2, -0.15) is 5.10 Å². The lowest BCUT2D eigenvalue weighted by Crippen LogP contribution is -2.25. The zero-order chi connectivity index (χ0) is 22.0. The quantitative estimate of drug-likeness (QED) is 0.349. The van der Waals surface area contributed by atoms with Crippen molar-refractivity contribution in [3.63, 3.8) is 0 Å². The van der Waals surface area contributed by atoms with E-state index in [0.29, 0.717) is 6.42 Å². The van der Waals surface area contributed by atoms with E-state index in [1.165, 1.54) is 25.9 Å². The predicted molar refractivity (Wildman–Crippen MR) is 129 cm³/mol. The molecule has 6 rings (SSSR count). The monoisotopic (exact) mass is 438 g/mol. The number of pyridine rings is 1. The third-order valence-corrected chi connectivity index (χ3v) is 6.24. The number of hydrogen-bond donors (Lipinski definition) is 0. The van der Waals surface area contributed by atoms with E-state index in [4.69, 9.17) is 19.2 Å². The Labute approximate surface area is 192 Å². The number of ether oxygens (including phenoxy) is 1. The van der Waals surface area contributed by atoms with Gasteiger partial charge in [-0.3, -0.25) is 4.90 Å². The Hall–Kier alpha value is -3.64. The van der Waals surface area contributed by atoms with E-state index in [1.54, 1.807) is 0 Å². The van der Waals surface area contributed by atoms with Crippen molar-refractivity contribution in [1.29, 1.82) is 0 Å². The third kappa shape index (κ3) is 4.22. The number of furan rings is 1. The molecule has 0 amide bonds. The summed E-state index contributed by atoms with van der Waals surface area (Å²) in [7, 11) is 0. The van der Waals surface area contributed by atoms with Gasteiger partial charge < -0.3 is 9.15 Å². The Balaban J connectivity index is 1.17. The molecule has 0 unspecified atom stereocenters. The second kappa shape index (κ2) is 8.71. The van der Waals surface area contributed by atoms with Gasteiger partial charge in [0, 0.05) is 18.4 Å². The van der Waals surface area contributed by atoms with Crippen LogP contribution in [0.2, 0.25) is 0 Å². The molecule has 4 heterocycles. The van der Waals surface area contributed by atoms with E-state index < -0.39 is 0 Å². The van der Waals surface area contributed by atoms with Gasteiger partial charge in [0.05, 0.1) is 0 Å². The standard InChI is InChI=1S/C27H26N4O2/c1-2-8-24-21(6-1)19-25(33-24)23-7-5-9-27-28-26(29-31(23)27)18-20-10-12-22(13-11-20)32-17-16-30-14-3-4-15-30/h1-2,5-13,19H,3-4,14-18H2. The van der Waals surface area contributed by atoms with Gasteiger partial charge in [-0.15, -0.1) is 0 Å². The summed E-state index contributed by atoms with van der Waals surface area (Å²) in [5, 5.41) is 5.86. The number of hydrogen-bond acceptors (Lipinski definition) is 5. The molecule has 0 radical (unpaired) electrons. The second-order valence-corrected chi connectivity index (χ2v) is 8.58. The van der Waals surface area contributed by atoms with E-state index >= 15 is 0 Å². The van der Waals surface area contributed by atoms with Crippen molar-refractivity contribution in [2.45, 2.75) is 19.3 Å². The van der Waals surface area contributed by atoms with Gasteiger partial charge in [0.1, 0.15) is 23.6 Å². The normalized spacial score (nSPS) is 14.4. The number of likely N-dealkylation sites (tertiary alicyclic amines) is 1. The average molecular weight is 439 g/mol. The molecule has 5 aromatic rings. The first kappa shape index (κ1) is 20.0. The molecule has 1 saturated heterocycles. The van der Waals surface area contributed by atoms with Crippen LogP contribution in [0.25, 0.3) is 28.1 Å². The maximum absolute atomic E-state index is 6.06. The molecule has 0 N–H and O–H groups in total. The summed E-state index contributed by atoms with van der Waals surface area (Å²) in [6.45, 7) is 4.14. The number of aromatic nitrogens is 3. The average Bonchev–Trinajstić information content (AvgIpc) is 3.59. The molecule has 6 heteroatoms. The number of fused-ring (bicyclic) bond motifs is 2. The molecule has 2 aromatic carbocycles. The molecule has 33 heavy (non-hydrogen) atoms. The third-order valence-electron chi connectivity index (χ3n) is 6.24. The lowest BCUT2D eigenvalue weighted by molar-refractivity contribution is 0.238. The minimum absolute atomic E-state index is 0.662. The summed E-state index contributed by atoms with van der Waals surface area (Å²) in [6.07, 6.45) is 3.28. The van der Waals surface area contributed by atoms with Crippen molar-refractivity contribution in [1.82, 2.24) is 19.5 Å². The Morgan fingerprint density at radius 1 is 0.909 bits per heavy atom. The zero-order valence-corrected chi connectivity index (χ0v) is 18.5. The first-order valence-corrected chi connectivity index (χ1v) is 11.6. The van der Waals surface area contributed by atoms with E-state index in [-0.39, 0.29) is 0 Å². The summed E-state index contributed by atoms with van der Waals surface area (Å²) in [5.41, 5.74) is 3.73. The number of rotatable bonds is 7. The van der Waals surface area contributed by atoms with Crippen molar-refractivity contribution in [2.75, 3.05) is 26.2 Å². The maximum atomic E-state index is 6.06. The highest BCUT2D eigenvalue weighted by molar-refractivity contribution is 5.82. The Morgan fingerprint density at radius 2 is 1.76 bits per heavy atom. The summed E-state index contributed by atoms with van der Waals surface area (Å²) in [4.78, 5) is 7.20. The van der Waals surface area contributed by atoms with Crippen molar-refractivity contribution < 1.29 is 9.15 Å². The molecule has 0 bridgehead atoms. The number of nitrogens with zero attached hydrogens (tertiary/aromatic N) is 4. The summed E-state index contributed by atoms with van der Waals surface area (Å²) < 4.78 is 13.8. The Kier molecular flexibility index (Phi) is 5.28. The van der Waals surface area contributed by atoms with Crippen molar-refractivity contribution >= 4 is 16.6 Å². The molecule has 1 aliphatic heterocycles. The first-order valence-electron chi connectivity index (χ1n) is 11.6. The fraction of sp³-hybridized carbons (Fsp3) is 0.259. The lowest BCUT2D eigenvalue weighted by Gasteiger charge is -2.14. The zero-order valence-electron chi connectivity index (χ0n) is 18.5. The summed E-state index contributed by atoms with van der Waals surface area (Å²) >= 11 is 0. The highest BCUT2D eigenvalue weighted by Gasteiger charge is 2.13. The van der Waals surface area contributed by atoms with Gasteiger partial charge in [-0.25, -0.2) is 9.50 Å². The van der Waals surface area contributed by atoms with Gasteiger partial charge in [-0.1, -0.05) is 36.4 Å². The Bertz CT molecular complexity index is 1350. The van der Waals surface area contributed by atoms with Crippen LogP contribution < -0.4 is 4.74 Å². The minimum atomic E-state index is 0.662. The van der Waals surface area contributed by atoms with Crippen molar-refractivity contribution in [2.24, 2.45) is 0 Å². The largest absolute Gasteiger partial charge is 0.492 e. The molecule has 0 atom stereocenters. The van der Waals surface area contributed by atoms with Gasteiger partial charge in [-0.05, 0) is 67.9 Å². The summed E-state index contributed by atoms with van der Waals surface area (Å²) in [5.74, 6) is 2.48. The van der Waals surface area contributed by atoms with Crippen LogP contribution in [0.3, 0.4) is 0 Å². The fourth-order valence-corrected chi connectivity index (χ4v) is 4.50. The first-order chi connectivity index (χ1) is 16.3. The van der Waals surface area contributed by atoms with Crippen LogP contribution in [-0.4, -0.2) is 45.7 Å². The van der Waals surface area contributed by atoms with Gasteiger partial charge in [0.25, 0.3) is 0 Å². The fourth-order valence-electron chi connectivity index (χ4n) is 4.50. The van der Waals surface area contributed by atoms with Crippen LogP contribution in [0.5, 0.6) is 5.75 Å². The van der Waals surface area contributed by atoms with Crippen LogP contribution >= 0.6 is 0 Å². The van der Waals surface area contributed by atoms with Gasteiger partial charge in [0.15, 0.2) is 17.2 Å². The van der Waals surface area contributed by atoms with Gasteiger partial charge >= 0.3 is 0 Å². The Morgan fingerprint density at radius 3 is 2.61 bits per heavy atom. The molecule has 0 saturated carbocycles. The van der Waals surface area contributed by atoms with Crippen LogP contribution in [0, 0.1) is 0 Å². The molecule has 1 aliphatic rings. The lowest BCUT2D eigenvalue weighted by atomic mass is 10.1. The van der Waals surface area contributed by atoms with Crippen LogP contribution in [-0.2, 0) is 6.42 Å². The van der Waals surface area contributed by atoms with E-state index in [1.807, 2.05) is 59.1 Å². The van der Waals surface area contributed by atoms with E-state index in [9.17, 15) is 0 Å². The smallest absolute Gasteiger partial charge is 0.156 e. The highest BCUT2D eigenvalue weighted by Crippen LogP contribution is 2.28.